The van der Waals surface area contributed by atoms with Gasteiger partial charge in [-0.15, -0.1) is 5.10 Å². The SMILES string of the molecule is CC(C)CC1(CNc2nncc3ccccc23)CCCC1. The molecule has 1 aliphatic rings. The van der Waals surface area contributed by atoms with Crippen molar-refractivity contribution in [2.24, 2.45) is 11.3 Å². The van der Waals surface area contributed by atoms with E-state index in [2.05, 4.69) is 47.6 Å². The van der Waals surface area contributed by atoms with E-state index in [0.717, 1.165) is 23.7 Å². The zero-order chi connectivity index (χ0) is 14.7. The van der Waals surface area contributed by atoms with Gasteiger partial charge >= 0.3 is 0 Å². The minimum absolute atomic E-state index is 0.451. The van der Waals surface area contributed by atoms with E-state index in [-0.39, 0.29) is 0 Å². The van der Waals surface area contributed by atoms with Crippen LogP contribution in [0.2, 0.25) is 0 Å². The van der Waals surface area contributed by atoms with Gasteiger partial charge in [-0.1, -0.05) is 51.0 Å². The van der Waals surface area contributed by atoms with E-state index in [1.165, 1.54) is 37.5 Å². The third-order valence-corrected chi connectivity index (χ3v) is 4.71. The second-order valence-corrected chi connectivity index (χ2v) is 6.94. The van der Waals surface area contributed by atoms with Crippen molar-refractivity contribution in [1.29, 1.82) is 0 Å². The fourth-order valence-electron chi connectivity index (χ4n) is 3.87. The largest absolute Gasteiger partial charge is 0.368 e. The van der Waals surface area contributed by atoms with Crippen LogP contribution in [0.3, 0.4) is 0 Å². The van der Waals surface area contributed by atoms with Crippen molar-refractivity contribution in [3.63, 3.8) is 0 Å². The van der Waals surface area contributed by atoms with Gasteiger partial charge in [-0.25, -0.2) is 0 Å². The number of nitrogens with one attached hydrogen (secondary N) is 1. The Morgan fingerprint density at radius 3 is 2.71 bits per heavy atom. The second kappa shape index (κ2) is 6.00. The van der Waals surface area contributed by atoms with Gasteiger partial charge in [0.25, 0.3) is 0 Å². The Balaban J connectivity index is 1.79. The molecule has 0 saturated heterocycles. The van der Waals surface area contributed by atoms with Gasteiger partial charge in [0.1, 0.15) is 0 Å². The van der Waals surface area contributed by atoms with E-state index < -0.39 is 0 Å². The van der Waals surface area contributed by atoms with Gasteiger partial charge in [0, 0.05) is 17.3 Å². The lowest BCUT2D eigenvalue weighted by atomic mass is 9.78. The first-order valence-electron chi connectivity index (χ1n) is 8.13. The molecule has 0 bridgehead atoms. The first-order valence-corrected chi connectivity index (χ1v) is 8.13. The lowest BCUT2D eigenvalue weighted by molar-refractivity contribution is 0.252. The number of aromatic nitrogens is 2. The summed E-state index contributed by atoms with van der Waals surface area (Å²) in [4.78, 5) is 0. The lowest BCUT2D eigenvalue weighted by Crippen LogP contribution is -2.28. The van der Waals surface area contributed by atoms with Gasteiger partial charge in [0.2, 0.25) is 0 Å². The molecular formula is C18H25N3. The van der Waals surface area contributed by atoms with E-state index in [4.69, 9.17) is 0 Å². The summed E-state index contributed by atoms with van der Waals surface area (Å²) in [6, 6.07) is 8.32. The van der Waals surface area contributed by atoms with Gasteiger partial charge < -0.3 is 5.32 Å². The zero-order valence-corrected chi connectivity index (χ0v) is 13.1. The molecule has 21 heavy (non-hydrogen) atoms. The molecule has 0 unspecified atom stereocenters. The Hall–Kier alpha value is -1.64. The molecular weight excluding hydrogens is 258 g/mol. The van der Waals surface area contributed by atoms with Gasteiger partial charge in [-0.05, 0) is 30.6 Å². The highest BCUT2D eigenvalue weighted by atomic mass is 15.2. The molecule has 1 heterocycles. The van der Waals surface area contributed by atoms with E-state index >= 15 is 0 Å². The second-order valence-electron chi connectivity index (χ2n) is 6.94. The van der Waals surface area contributed by atoms with Crippen LogP contribution < -0.4 is 5.32 Å². The molecule has 1 N–H and O–H groups in total. The molecule has 1 aromatic carbocycles. The van der Waals surface area contributed by atoms with Crippen molar-refractivity contribution in [2.75, 3.05) is 11.9 Å². The van der Waals surface area contributed by atoms with Gasteiger partial charge in [-0.2, -0.15) is 5.10 Å². The maximum Gasteiger partial charge on any atom is 0.156 e. The van der Waals surface area contributed by atoms with Gasteiger partial charge in [0.05, 0.1) is 6.20 Å². The number of anilines is 1. The Bertz CT molecular complexity index is 595. The zero-order valence-electron chi connectivity index (χ0n) is 13.1. The van der Waals surface area contributed by atoms with E-state index in [1.54, 1.807) is 0 Å². The average Bonchev–Trinajstić information content (AvgIpc) is 2.93. The fraction of sp³-hybridized carbons (Fsp3) is 0.556. The van der Waals surface area contributed by atoms with Crippen LogP contribution in [-0.2, 0) is 0 Å². The summed E-state index contributed by atoms with van der Waals surface area (Å²) in [6.45, 7) is 5.68. The molecule has 2 aromatic rings. The van der Waals surface area contributed by atoms with Crippen LogP contribution in [0, 0.1) is 11.3 Å². The Morgan fingerprint density at radius 2 is 1.95 bits per heavy atom. The smallest absolute Gasteiger partial charge is 0.156 e. The minimum atomic E-state index is 0.451. The number of nitrogens with zero attached hydrogens (tertiary/aromatic N) is 2. The first kappa shape index (κ1) is 14.3. The molecule has 3 heteroatoms. The molecule has 0 amide bonds. The fourth-order valence-corrected chi connectivity index (χ4v) is 3.87. The minimum Gasteiger partial charge on any atom is -0.368 e. The third kappa shape index (κ3) is 3.17. The highest BCUT2D eigenvalue weighted by molar-refractivity contribution is 5.90. The molecule has 1 aromatic heterocycles. The van der Waals surface area contributed by atoms with E-state index in [0.29, 0.717) is 5.41 Å². The van der Waals surface area contributed by atoms with Crippen LogP contribution in [0.15, 0.2) is 30.5 Å². The van der Waals surface area contributed by atoms with Crippen LogP contribution in [0.5, 0.6) is 0 Å². The average molecular weight is 283 g/mol. The molecule has 1 fully saturated rings. The molecule has 1 saturated carbocycles. The molecule has 1 aliphatic carbocycles. The molecule has 0 radical (unpaired) electrons. The van der Waals surface area contributed by atoms with Crippen molar-refractivity contribution in [3.05, 3.63) is 30.5 Å². The maximum atomic E-state index is 4.32. The number of fused-ring (bicyclic) bond motifs is 1. The van der Waals surface area contributed by atoms with Gasteiger partial charge in [-0.3, -0.25) is 0 Å². The van der Waals surface area contributed by atoms with Crippen LogP contribution in [0.1, 0.15) is 46.0 Å². The summed E-state index contributed by atoms with van der Waals surface area (Å²) in [5.74, 6) is 1.69. The number of benzene rings is 1. The van der Waals surface area contributed by atoms with Crippen molar-refractivity contribution in [3.8, 4) is 0 Å². The molecule has 3 rings (SSSR count). The Morgan fingerprint density at radius 1 is 1.19 bits per heavy atom. The Kier molecular flexibility index (Phi) is 4.09. The van der Waals surface area contributed by atoms with Crippen molar-refractivity contribution in [2.45, 2.75) is 46.0 Å². The van der Waals surface area contributed by atoms with Crippen molar-refractivity contribution in [1.82, 2.24) is 10.2 Å². The summed E-state index contributed by atoms with van der Waals surface area (Å²) in [7, 11) is 0. The maximum absolute atomic E-state index is 4.32. The first-order chi connectivity index (χ1) is 10.2. The van der Waals surface area contributed by atoms with Crippen molar-refractivity contribution < 1.29 is 0 Å². The third-order valence-electron chi connectivity index (χ3n) is 4.71. The molecule has 3 nitrogen and oxygen atoms in total. The predicted molar refractivity (Wildman–Crippen MR) is 88.4 cm³/mol. The number of rotatable bonds is 5. The molecule has 0 aliphatic heterocycles. The molecule has 0 spiro atoms. The highest BCUT2D eigenvalue weighted by Crippen LogP contribution is 2.43. The van der Waals surface area contributed by atoms with Crippen LogP contribution >= 0.6 is 0 Å². The monoisotopic (exact) mass is 283 g/mol. The number of hydrogen-bond donors (Lipinski definition) is 1. The quantitative estimate of drug-likeness (QED) is 0.868. The molecule has 0 atom stereocenters. The van der Waals surface area contributed by atoms with Crippen LogP contribution in [0.25, 0.3) is 10.8 Å². The lowest BCUT2D eigenvalue weighted by Gasteiger charge is -2.31. The number of hydrogen-bond acceptors (Lipinski definition) is 3. The van der Waals surface area contributed by atoms with Crippen molar-refractivity contribution >= 4 is 16.6 Å². The van der Waals surface area contributed by atoms with Gasteiger partial charge in [0.15, 0.2) is 5.82 Å². The van der Waals surface area contributed by atoms with E-state index in [9.17, 15) is 0 Å². The van der Waals surface area contributed by atoms with Crippen LogP contribution in [0.4, 0.5) is 5.82 Å². The summed E-state index contributed by atoms with van der Waals surface area (Å²) < 4.78 is 0. The standard InChI is InChI=1S/C18H25N3/c1-14(2)11-18(9-5-6-10-18)13-19-17-16-8-4-3-7-15(16)12-20-21-17/h3-4,7-8,12,14H,5-6,9-11,13H2,1-2H3,(H,19,21). The highest BCUT2D eigenvalue weighted by Gasteiger charge is 2.34. The summed E-state index contributed by atoms with van der Waals surface area (Å²) in [5.41, 5.74) is 0.451. The predicted octanol–water partition coefficient (Wildman–Crippen LogP) is 4.65. The summed E-state index contributed by atoms with van der Waals surface area (Å²) >= 11 is 0. The summed E-state index contributed by atoms with van der Waals surface area (Å²) in [5, 5.41) is 14.4. The molecule has 112 valence electrons. The Labute approximate surface area is 127 Å². The van der Waals surface area contributed by atoms with Crippen LogP contribution in [-0.4, -0.2) is 16.7 Å². The topological polar surface area (TPSA) is 37.8 Å². The van der Waals surface area contributed by atoms with E-state index in [1.807, 2.05) is 12.3 Å². The summed E-state index contributed by atoms with van der Waals surface area (Å²) in [6.07, 6.45) is 8.57. The normalized spacial score (nSPS) is 17.5.